The van der Waals surface area contributed by atoms with E-state index in [1.165, 1.54) is 18.9 Å². The van der Waals surface area contributed by atoms with Crippen molar-refractivity contribution < 1.29 is 26.8 Å². The second-order valence-corrected chi connectivity index (χ2v) is 8.89. The molecular weight excluding hydrogens is 428 g/mol. The van der Waals surface area contributed by atoms with E-state index in [1.807, 2.05) is 30.3 Å². The van der Waals surface area contributed by atoms with Gasteiger partial charge in [0, 0.05) is 19.7 Å². The third kappa shape index (κ3) is 6.48. The standard InChI is InChI=1S/C21H25F2N3O4S/c1-15(21(28)24-2)25(12-11-16-7-5-4-6-8-16)20(27)14-26(31(3,29)30)17-9-10-18(22)19(23)13-17/h4-10,13,15H,11-12,14H2,1-3H3,(H,24,28). The summed E-state index contributed by atoms with van der Waals surface area (Å²) >= 11 is 0. The van der Waals surface area contributed by atoms with Crippen molar-refractivity contribution in [1.29, 1.82) is 0 Å². The monoisotopic (exact) mass is 453 g/mol. The van der Waals surface area contributed by atoms with Gasteiger partial charge in [-0.05, 0) is 31.0 Å². The highest BCUT2D eigenvalue weighted by Gasteiger charge is 2.29. The lowest BCUT2D eigenvalue weighted by Gasteiger charge is -2.31. The van der Waals surface area contributed by atoms with E-state index >= 15 is 0 Å². The Morgan fingerprint density at radius 1 is 1.06 bits per heavy atom. The second kappa shape index (κ2) is 10.3. The molecule has 0 heterocycles. The van der Waals surface area contributed by atoms with E-state index in [2.05, 4.69) is 5.32 Å². The van der Waals surface area contributed by atoms with Crippen LogP contribution in [0.15, 0.2) is 48.5 Å². The molecule has 0 aliphatic heterocycles. The van der Waals surface area contributed by atoms with E-state index < -0.39 is 46.1 Å². The molecule has 2 aromatic rings. The summed E-state index contributed by atoms with van der Waals surface area (Å²) in [7, 11) is -2.57. The molecule has 0 radical (unpaired) electrons. The first-order chi connectivity index (χ1) is 14.5. The normalized spacial score (nSPS) is 12.2. The quantitative estimate of drug-likeness (QED) is 0.629. The molecule has 0 aliphatic carbocycles. The molecule has 0 bridgehead atoms. The van der Waals surface area contributed by atoms with Crippen LogP contribution in [-0.2, 0) is 26.0 Å². The van der Waals surface area contributed by atoms with Crippen LogP contribution in [0.25, 0.3) is 0 Å². The summed E-state index contributed by atoms with van der Waals surface area (Å²) in [6.45, 7) is 1.02. The number of nitrogens with one attached hydrogen (secondary N) is 1. The van der Waals surface area contributed by atoms with Gasteiger partial charge in [-0.2, -0.15) is 0 Å². The van der Waals surface area contributed by atoms with Crippen molar-refractivity contribution in [2.45, 2.75) is 19.4 Å². The SMILES string of the molecule is CNC(=O)C(C)N(CCc1ccccc1)C(=O)CN(c1ccc(F)c(F)c1)S(C)(=O)=O. The second-order valence-electron chi connectivity index (χ2n) is 6.98. The smallest absolute Gasteiger partial charge is 0.244 e. The van der Waals surface area contributed by atoms with Crippen molar-refractivity contribution >= 4 is 27.5 Å². The lowest BCUT2D eigenvalue weighted by molar-refractivity contribution is -0.138. The molecule has 7 nitrogen and oxygen atoms in total. The maximum Gasteiger partial charge on any atom is 0.244 e. The average Bonchev–Trinajstić information content (AvgIpc) is 2.73. The van der Waals surface area contributed by atoms with Gasteiger partial charge in [0.25, 0.3) is 0 Å². The number of amides is 2. The minimum atomic E-state index is -4.00. The predicted molar refractivity (Wildman–Crippen MR) is 114 cm³/mol. The molecule has 2 rings (SSSR count). The van der Waals surface area contributed by atoms with Crippen LogP contribution in [0.1, 0.15) is 12.5 Å². The summed E-state index contributed by atoms with van der Waals surface area (Å²) in [6.07, 6.45) is 1.30. The van der Waals surface area contributed by atoms with Gasteiger partial charge in [0.1, 0.15) is 12.6 Å². The Balaban J connectivity index is 2.31. The Hall–Kier alpha value is -3.01. The van der Waals surface area contributed by atoms with Crippen molar-refractivity contribution in [1.82, 2.24) is 10.2 Å². The first-order valence-electron chi connectivity index (χ1n) is 9.52. The number of likely N-dealkylation sites (N-methyl/N-ethyl adjacent to an activating group) is 1. The highest BCUT2D eigenvalue weighted by atomic mass is 32.2. The number of hydrogen-bond donors (Lipinski definition) is 1. The molecule has 31 heavy (non-hydrogen) atoms. The maximum atomic E-state index is 13.7. The molecule has 0 aliphatic rings. The fourth-order valence-electron chi connectivity index (χ4n) is 3.03. The topological polar surface area (TPSA) is 86.8 Å². The number of carbonyl (C=O) groups is 2. The van der Waals surface area contributed by atoms with Crippen LogP contribution < -0.4 is 9.62 Å². The Morgan fingerprint density at radius 2 is 1.71 bits per heavy atom. The number of carbonyl (C=O) groups excluding carboxylic acids is 2. The molecule has 0 aromatic heterocycles. The minimum Gasteiger partial charge on any atom is -0.357 e. The highest BCUT2D eigenvalue weighted by molar-refractivity contribution is 7.92. The van der Waals surface area contributed by atoms with Gasteiger partial charge in [0.05, 0.1) is 11.9 Å². The van der Waals surface area contributed by atoms with Crippen molar-refractivity contribution in [2.75, 3.05) is 30.7 Å². The Kier molecular flexibility index (Phi) is 8.09. The molecule has 0 spiro atoms. The molecule has 0 fully saturated rings. The van der Waals surface area contributed by atoms with E-state index in [0.29, 0.717) is 16.8 Å². The van der Waals surface area contributed by atoms with Crippen LogP contribution in [-0.4, -0.2) is 57.6 Å². The van der Waals surface area contributed by atoms with Crippen LogP contribution in [0, 0.1) is 11.6 Å². The zero-order valence-electron chi connectivity index (χ0n) is 17.5. The largest absolute Gasteiger partial charge is 0.357 e. The number of rotatable bonds is 9. The molecule has 2 aromatic carbocycles. The van der Waals surface area contributed by atoms with Crippen molar-refractivity contribution in [3.8, 4) is 0 Å². The summed E-state index contributed by atoms with van der Waals surface area (Å²) < 4.78 is 52.2. The van der Waals surface area contributed by atoms with Gasteiger partial charge in [-0.25, -0.2) is 17.2 Å². The van der Waals surface area contributed by atoms with Gasteiger partial charge < -0.3 is 10.2 Å². The number of halogens is 2. The van der Waals surface area contributed by atoms with Crippen molar-refractivity contribution in [2.24, 2.45) is 0 Å². The highest BCUT2D eigenvalue weighted by Crippen LogP contribution is 2.21. The first kappa shape index (κ1) is 24.3. The van der Waals surface area contributed by atoms with Gasteiger partial charge in [-0.1, -0.05) is 30.3 Å². The van der Waals surface area contributed by atoms with Crippen LogP contribution >= 0.6 is 0 Å². The molecule has 1 unspecified atom stereocenters. The van der Waals surface area contributed by atoms with Gasteiger partial charge in [-0.3, -0.25) is 13.9 Å². The Morgan fingerprint density at radius 3 is 2.26 bits per heavy atom. The van der Waals surface area contributed by atoms with E-state index in [4.69, 9.17) is 0 Å². The number of hydrogen-bond acceptors (Lipinski definition) is 4. The summed E-state index contributed by atoms with van der Waals surface area (Å²) in [5.41, 5.74) is 0.746. The van der Waals surface area contributed by atoms with Crippen LogP contribution in [0.4, 0.5) is 14.5 Å². The third-order valence-corrected chi connectivity index (χ3v) is 5.91. The maximum absolute atomic E-state index is 13.7. The van der Waals surface area contributed by atoms with Crippen LogP contribution in [0.3, 0.4) is 0 Å². The fraction of sp³-hybridized carbons (Fsp3) is 0.333. The van der Waals surface area contributed by atoms with Crippen molar-refractivity contribution in [3.63, 3.8) is 0 Å². The van der Waals surface area contributed by atoms with Crippen LogP contribution in [0.5, 0.6) is 0 Å². The van der Waals surface area contributed by atoms with Crippen LogP contribution in [0.2, 0.25) is 0 Å². The van der Waals surface area contributed by atoms with Gasteiger partial charge in [0.2, 0.25) is 21.8 Å². The lowest BCUT2D eigenvalue weighted by atomic mass is 10.1. The van der Waals surface area contributed by atoms with E-state index in [0.717, 1.165) is 24.0 Å². The summed E-state index contributed by atoms with van der Waals surface area (Å²) in [4.78, 5) is 26.5. The lowest BCUT2D eigenvalue weighted by Crippen LogP contribution is -2.51. The number of sulfonamides is 1. The molecule has 1 N–H and O–H groups in total. The van der Waals surface area contributed by atoms with Crippen molar-refractivity contribution in [3.05, 3.63) is 65.7 Å². The van der Waals surface area contributed by atoms with Gasteiger partial charge >= 0.3 is 0 Å². The first-order valence-corrected chi connectivity index (χ1v) is 11.4. The zero-order valence-corrected chi connectivity index (χ0v) is 18.3. The van der Waals surface area contributed by atoms with E-state index in [1.54, 1.807) is 0 Å². The zero-order chi connectivity index (χ0) is 23.2. The molecule has 10 heteroatoms. The molecule has 0 saturated carbocycles. The summed E-state index contributed by atoms with van der Waals surface area (Å²) in [6, 6.07) is 11.0. The molecule has 1 atom stereocenters. The molecular formula is C21H25F2N3O4S. The average molecular weight is 454 g/mol. The fourth-order valence-corrected chi connectivity index (χ4v) is 3.87. The predicted octanol–water partition coefficient (Wildman–Crippen LogP) is 1.94. The van der Waals surface area contributed by atoms with E-state index in [9.17, 15) is 26.8 Å². The molecule has 0 saturated heterocycles. The van der Waals surface area contributed by atoms with E-state index in [-0.39, 0.29) is 12.2 Å². The number of anilines is 1. The van der Waals surface area contributed by atoms with Gasteiger partial charge in [-0.15, -0.1) is 0 Å². The third-order valence-electron chi connectivity index (χ3n) is 4.77. The molecule has 168 valence electrons. The minimum absolute atomic E-state index is 0.160. The Labute approximate surface area is 180 Å². The van der Waals surface area contributed by atoms with Gasteiger partial charge in [0.15, 0.2) is 11.6 Å². The Bertz CT molecular complexity index is 1030. The number of benzene rings is 2. The molecule has 2 amide bonds. The summed E-state index contributed by atoms with van der Waals surface area (Å²) in [5, 5.41) is 2.47. The summed E-state index contributed by atoms with van der Waals surface area (Å²) in [5.74, 6) is -3.44. The number of nitrogens with zero attached hydrogens (tertiary/aromatic N) is 2.